The summed E-state index contributed by atoms with van der Waals surface area (Å²) in [5.74, 6) is 0.795. The van der Waals surface area contributed by atoms with Gasteiger partial charge in [0.1, 0.15) is 0 Å². The molecule has 0 aromatic carbocycles. The van der Waals surface area contributed by atoms with E-state index in [0.29, 0.717) is 0 Å². The zero-order valence-corrected chi connectivity index (χ0v) is 10.2. The largest absolute Gasteiger partial charge is 0.237 e. The Bertz CT molecular complexity index is 428. The topological polar surface area (TPSA) is 25.8 Å². The smallest absolute Gasteiger partial charge is 0.154 e. The normalized spacial score (nSPS) is 12.1. The summed E-state index contributed by atoms with van der Waals surface area (Å²) in [6.45, 7) is 9.76. The van der Waals surface area contributed by atoms with Crippen LogP contribution in [0.4, 0.5) is 0 Å². The van der Waals surface area contributed by atoms with E-state index in [9.17, 15) is 0 Å². The minimum atomic E-state index is 0.795. The van der Waals surface area contributed by atoms with Gasteiger partial charge in [0.15, 0.2) is 5.82 Å². The first-order chi connectivity index (χ1) is 7.69. The van der Waals surface area contributed by atoms with Crippen LogP contribution >= 0.6 is 0 Å². The molecule has 0 amide bonds. The minimum absolute atomic E-state index is 0.795. The third-order valence-corrected chi connectivity index (χ3v) is 2.41. The average molecular weight is 214 g/mol. The van der Waals surface area contributed by atoms with Crippen molar-refractivity contribution in [3.63, 3.8) is 0 Å². The van der Waals surface area contributed by atoms with Crippen molar-refractivity contribution in [3.8, 4) is 0 Å². The highest BCUT2D eigenvalue weighted by molar-refractivity contribution is 5.59. The number of allylic oxidation sites excluding steroid dienone is 5. The third-order valence-electron chi connectivity index (χ3n) is 2.41. The Kier molecular flexibility index (Phi) is 4.65. The molecule has 0 aliphatic rings. The number of nitrogens with zero attached hydrogens (tertiary/aromatic N) is 2. The highest BCUT2D eigenvalue weighted by atomic mass is 14.9. The minimum Gasteiger partial charge on any atom is -0.237 e. The first kappa shape index (κ1) is 12.4. The van der Waals surface area contributed by atoms with Gasteiger partial charge in [0.25, 0.3) is 0 Å². The molecule has 1 heterocycles. The first-order valence-electron chi connectivity index (χ1n) is 5.48. The summed E-state index contributed by atoms with van der Waals surface area (Å²) in [5.41, 5.74) is 3.33. The summed E-state index contributed by atoms with van der Waals surface area (Å²) in [7, 11) is 0. The third kappa shape index (κ3) is 3.16. The van der Waals surface area contributed by atoms with Crippen molar-refractivity contribution in [2.75, 3.05) is 0 Å². The molecule has 0 aliphatic heterocycles. The van der Waals surface area contributed by atoms with Crippen LogP contribution in [-0.4, -0.2) is 9.97 Å². The van der Waals surface area contributed by atoms with Crippen LogP contribution in [0.1, 0.15) is 30.9 Å². The second-order valence-corrected chi connectivity index (χ2v) is 3.63. The van der Waals surface area contributed by atoms with E-state index in [2.05, 4.69) is 23.5 Å². The van der Waals surface area contributed by atoms with Gasteiger partial charge >= 0.3 is 0 Å². The van der Waals surface area contributed by atoms with Crippen LogP contribution in [0.25, 0.3) is 5.57 Å². The fourth-order valence-electron chi connectivity index (χ4n) is 1.38. The Hall–Kier alpha value is -1.70. The SMILES string of the molecule is C=C/C=C\C=C(/C)c1ncc(CC)c(C)n1. The Morgan fingerprint density at radius 1 is 1.44 bits per heavy atom. The van der Waals surface area contributed by atoms with E-state index in [1.807, 2.05) is 38.3 Å². The standard InChI is InChI=1S/C14H18N2/c1-5-7-8-9-11(3)14-15-10-13(6-2)12(4)16-14/h5,7-10H,1,6H2,2-4H3/b8-7-,11-9+. The molecule has 0 saturated heterocycles. The predicted molar refractivity (Wildman–Crippen MR) is 69.1 cm³/mol. The Morgan fingerprint density at radius 3 is 2.75 bits per heavy atom. The molecule has 0 radical (unpaired) electrons. The second kappa shape index (κ2) is 6.01. The van der Waals surface area contributed by atoms with Crippen LogP contribution in [0.5, 0.6) is 0 Å². The summed E-state index contributed by atoms with van der Waals surface area (Å²) in [4.78, 5) is 8.83. The molecular weight excluding hydrogens is 196 g/mol. The molecule has 0 spiro atoms. The molecule has 0 unspecified atom stereocenters. The van der Waals surface area contributed by atoms with E-state index < -0.39 is 0 Å². The maximum Gasteiger partial charge on any atom is 0.154 e. The zero-order valence-electron chi connectivity index (χ0n) is 10.2. The lowest BCUT2D eigenvalue weighted by molar-refractivity contribution is 0.975. The van der Waals surface area contributed by atoms with E-state index in [1.54, 1.807) is 6.08 Å². The molecule has 1 aromatic heterocycles. The second-order valence-electron chi connectivity index (χ2n) is 3.63. The van der Waals surface area contributed by atoms with Gasteiger partial charge in [-0.25, -0.2) is 9.97 Å². The van der Waals surface area contributed by atoms with Crippen LogP contribution in [0, 0.1) is 6.92 Å². The summed E-state index contributed by atoms with van der Waals surface area (Å²) in [6.07, 6.45) is 10.4. The van der Waals surface area contributed by atoms with E-state index >= 15 is 0 Å². The fraction of sp³-hybridized carbons (Fsp3) is 0.286. The van der Waals surface area contributed by atoms with Crippen molar-refractivity contribution >= 4 is 5.57 Å². The molecule has 16 heavy (non-hydrogen) atoms. The van der Waals surface area contributed by atoms with Crippen molar-refractivity contribution in [1.29, 1.82) is 0 Å². The molecule has 1 aromatic rings. The maximum atomic E-state index is 4.48. The van der Waals surface area contributed by atoms with Gasteiger partial charge in [-0.05, 0) is 31.4 Å². The van der Waals surface area contributed by atoms with Crippen LogP contribution in [0.2, 0.25) is 0 Å². The van der Waals surface area contributed by atoms with Crippen LogP contribution in [0.15, 0.2) is 37.1 Å². The zero-order chi connectivity index (χ0) is 12.0. The van der Waals surface area contributed by atoms with Gasteiger partial charge in [-0.15, -0.1) is 0 Å². The summed E-state index contributed by atoms with van der Waals surface area (Å²) in [6, 6.07) is 0. The van der Waals surface area contributed by atoms with Crippen molar-refractivity contribution in [2.24, 2.45) is 0 Å². The number of hydrogen-bond acceptors (Lipinski definition) is 2. The van der Waals surface area contributed by atoms with E-state index in [-0.39, 0.29) is 0 Å². The van der Waals surface area contributed by atoms with Gasteiger partial charge in [-0.2, -0.15) is 0 Å². The van der Waals surface area contributed by atoms with Gasteiger partial charge in [-0.3, -0.25) is 0 Å². The Balaban J connectivity index is 2.96. The lowest BCUT2D eigenvalue weighted by Crippen LogP contribution is -1.98. The monoisotopic (exact) mass is 214 g/mol. The van der Waals surface area contributed by atoms with Crippen LogP contribution < -0.4 is 0 Å². The van der Waals surface area contributed by atoms with E-state index in [1.165, 1.54) is 5.56 Å². The molecule has 0 aliphatic carbocycles. The van der Waals surface area contributed by atoms with Gasteiger partial charge in [0.05, 0.1) is 0 Å². The quantitative estimate of drug-likeness (QED) is 0.717. The van der Waals surface area contributed by atoms with E-state index in [4.69, 9.17) is 0 Å². The number of rotatable bonds is 4. The number of aryl methyl sites for hydroxylation is 2. The molecule has 0 fully saturated rings. The molecule has 2 heteroatoms. The molecule has 0 saturated carbocycles. The van der Waals surface area contributed by atoms with Gasteiger partial charge in [0, 0.05) is 11.9 Å². The van der Waals surface area contributed by atoms with Gasteiger partial charge in [-0.1, -0.05) is 37.8 Å². The molecule has 0 atom stereocenters. The fourth-order valence-corrected chi connectivity index (χ4v) is 1.38. The predicted octanol–water partition coefficient (Wildman–Crippen LogP) is 3.49. The average Bonchev–Trinajstić information content (AvgIpc) is 2.29. The van der Waals surface area contributed by atoms with Crippen LogP contribution in [0.3, 0.4) is 0 Å². The summed E-state index contributed by atoms with van der Waals surface area (Å²) >= 11 is 0. The van der Waals surface area contributed by atoms with Gasteiger partial charge < -0.3 is 0 Å². The summed E-state index contributed by atoms with van der Waals surface area (Å²) in [5, 5.41) is 0. The lowest BCUT2D eigenvalue weighted by atomic mass is 10.2. The molecular formula is C14H18N2. The Morgan fingerprint density at radius 2 is 2.19 bits per heavy atom. The summed E-state index contributed by atoms with van der Waals surface area (Å²) < 4.78 is 0. The van der Waals surface area contributed by atoms with Crippen molar-refractivity contribution in [2.45, 2.75) is 27.2 Å². The van der Waals surface area contributed by atoms with Crippen molar-refractivity contribution in [1.82, 2.24) is 9.97 Å². The van der Waals surface area contributed by atoms with Crippen molar-refractivity contribution in [3.05, 3.63) is 54.2 Å². The molecule has 2 nitrogen and oxygen atoms in total. The lowest BCUT2D eigenvalue weighted by Gasteiger charge is -2.04. The molecule has 84 valence electrons. The first-order valence-corrected chi connectivity index (χ1v) is 5.48. The highest BCUT2D eigenvalue weighted by Crippen LogP contribution is 2.11. The maximum absolute atomic E-state index is 4.48. The Labute approximate surface area is 97.5 Å². The van der Waals surface area contributed by atoms with Crippen LogP contribution in [-0.2, 0) is 6.42 Å². The molecule has 0 bridgehead atoms. The van der Waals surface area contributed by atoms with E-state index in [0.717, 1.165) is 23.5 Å². The highest BCUT2D eigenvalue weighted by Gasteiger charge is 2.02. The number of aromatic nitrogens is 2. The van der Waals surface area contributed by atoms with Gasteiger partial charge in [0.2, 0.25) is 0 Å². The molecule has 1 rings (SSSR count). The molecule has 0 N–H and O–H groups in total. The number of hydrogen-bond donors (Lipinski definition) is 0. The van der Waals surface area contributed by atoms with Crippen molar-refractivity contribution < 1.29 is 0 Å².